The number of aryl methyl sites for hydroxylation is 1. The van der Waals surface area contributed by atoms with Crippen LogP contribution in [0.25, 0.3) is 0 Å². The molecular formula is C18H20N2. The van der Waals surface area contributed by atoms with Gasteiger partial charge in [-0.05, 0) is 47.7 Å². The normalized spacial score (nSPS) is 10.9. The van der Waals surface area contributed by atoms with Gasteiger partial charge in [-0.2, -0.15) is 5.26 Å². The van der Waals surface area contributed by atoms with Crippen LogP contribution in [0, 0.1) is 18.3 Å². The largest absolute Gasteiger partial charge is 0.355 e. The van der Waals surface area contributed by atoms with Gasteiger partial charge in [0.05, 0.1) is 11.6 Å². The van der Waals surface area contributed by atoms with E-state index in [0.717, 1.165) is 22.5 Å². The smallest absolute Gasteiger partial charge is 0.0994 e. The number of hydrogen-bond acceptors (Lipinski definition) is 2. The zero-order chi connectivity index (χ0) is 14.8. The summed E-state index contributed by atoms with van der Waals surface area (Å²) >= 11 is 0. The fourth-order valence-electron chi connectivity index (χ4n) is 2.27. The Bertz CT molecular complexity index is 658. The van der Waals surface area contributed by atoms with E-state index < -0.39 is 0 Å². The maximum atomic E-state index is 8.98. The summed E-state index contributed by atoms with van der Waals surface area (Å²) in [6, 6.07) is 16.4. The van der Waals surface area contributed by atoms with Crippen molar-refractivity contribution in [3.05, 3.63) is 59.2 Å². The van der Waals surface area contributed by atoms with E-state index in [9.17, 15) is 0 Å². The highest BCUT2D eigenvalue weighted by Gasteiger charge is 2.17. The SMILES string of the molecule is Cc1cc(Nc2ccccc2C(C)(C)C)ccc1C#N. The number of nitriles is 1. The molecule has 0 saturated heterocycles. The molecule has 0 aliphatic carbocycles. The molecule has 1 N–H and O–H groups in total. The first-order valence-electron chi connectivity index (χ1n) is 6.79. The summed E-state index contributed by atoms with van der Waals surface area (Å²) in [7, 11) is 0. The second kappa shape index (κ2) is 5.38. The number of anilines is 2. The van der Waals surface area contributed by atoms with Gasteiger partial charge in [0.2, 0.25) is 0 Å². The Morgan fingerprint density at radius 3 is 2.35 bits per heavy atom. The number of benzene rings is 2. The first kappa shape index (κ1) is 14.1. The van der Waals surface area contributed by atoms with E-state index in [-0.39, 0.29) is 5.41 Å². The topological polar surface area (TPSA) is 35.8 Å². The van der Waals surface area contributed by atoms with Gasteiger partial charge in [0.1, 0.15) is 0 Å². The third kappa shape index (κ3) is 3.00. The molecule has 2 heteroatoms. The van der Waals surface area contributed by atoms with Gasteiger partial charge >= 0.3 is 0 Å². The third-order valence-electron chi connectivity index (χ3n) is 3.36. The number of hydrogen-bond donors (Lipinski definition) is 1. The van der Waals surface area contributed by atoms with Crippen molar-refractivity contribution >= 4 is 11.4 Å². The molecule has 0 saturated carbocycles. The second-order valence-electron chi connectivity index (χ2n) is 6.06. The maximum Gasteiger partial charge on any atom is 0.0994 e. The molecule has 0 fully saturated rings. The highest BCUT2D eigenvalue weighted by Crippen LogP contribution is 2.31. The van der Waals surface area contributed by atoms with Crippen LogP contribution in [-0.4, -0.2) is 0 Å². The van der Waals surface area contributed by atoms with Gasteiger partial charge in [0.15, 0.2) is 0 Å². The molecule has 102 valence electrons. The van der Waals surface area contributed by atoms with Crippen LogP contribution in [0.15, 0.2) is 42.5 Å². The molecule has 0 radical (unpaired) electrons. The average molecular weight is 264 g/mol. The van der Waals surface area contributed by atoms with Gasteiger partial charge in [-0.15, -0.1) is 0 Å². The molecule has 0 aliphatic heterocycles. The van der Waals surface area contributed by atoms with Gasteiger partial charge in [-0.1, -0.05) is 39.0 Å². The van der Waals surface area contributed by atoms with Crippen LogP contribution in [0.1, 0.15) is 37.5 Å². The van der Waals surface area contributed by atoms with Crippen molar-refractivity contribution in [2.45, 2.75) is 33.1 Å². The van der Waals surface area contributed by atoms with E-state index in [1.54, 1.807) is 0 Å². The summed E-state index contributed by atoms with van der Waals surface area (Å²) in [6.45, 7) is 8.58. The summed E-state index contributed by atoms with van der Waals surface area (Å²) in [5.41, 5.74) is 5.21. The lowest BCUT2D eigenvalue weighted by molar-refractivity contribution is 0.592. The molecule has 0 amide bonds. The Labute approximate surface area is 121 Å². The Balaban J connectivity index is 2.36. The van der Waals surface area contributed by atoms with E-state index in [2.05, 4.69) is 50.4 Å². The molecule has 0 unspecified atom stereocenters. The first-order valence-corrected chi connectivity index (χ1v) is 6.79. The maximum absolute atomic E-state index is 8.98. The molecule has 0 heterocycles. The minimum atomic E-state index is 0.0885. The lowest BCUT2D eigenvalue weighted by atomic mass is 9.86. The highest BCUT2D eigenvalue weighted by atomic mass is 14.9. The van der Waals surface area contributed by atoms with E-state index in [0.29, 0.717) is 0 Å². The number of para-hydroxylation sites is 1. The fourth-order valence-corrected chi connectivity index (χ4v) is 2.27. The van der Waals surface area contributed by atoms with E-state index in [4.69, 9.17) is 5.26 Å². The molecule has 20 heavy (non-hydrogen) atoms. The molecule has 2 aromatic rings. The standard InChI is InChI=1S/C18H20N2/c1-13-11-15(10-9-14(13)12-19)20-17-8-6-5-7-16(17)18(2,3)4/h5-11,20H,1-4H3. The Hall–Kier alpha value is -2.27. The van der Waals surface area contributed by atoms with Gasteiger partial charge in [0, 0.05) is 11.4 Å². The van der Waals surface area contributed by atoms with E-state index >= 15 is 0 Å². The quantitative estimate of drug-likeness (QED) is 0.836. The van der Waals surface area contributed by atoms with E-state index in [1.165, 1.54) is 5.56 Å². The third-order valence-corrected chi connectivity index (χ3v) is 3.36. The molecule has 2 aromatic carbocycles. The summed E-state index contributed by atoms with van der Waals surface area (Å²) in [5.74, 6) is 0. The van der Waals surface area contributed by atoms with Crippen molar-refractivity contribution in [2.24, 2.45) is 0 Å². The number of nitrogens with zero attached hydrogens (tertiary/aromatic N) is 1. The summed E-state index contributed by atoms with van der Waals surface area (Å²) < 4.78 is 0. The van der Waals surface area contributed by atoms with Gasteiger partial charge in [-0.25, -0.2) is 0 Å². The van der Waals surface area contributed by atoms with Gasteiger partial charge in [0.25, 0.3) is 0 Å². The highest BCUT2D eigenvalue weighted by molar-refractivity contribution is 5.66. The van der Waals surface area contributed by atoms with Gasteiger partial charge < -0.3 is 5.32 Å². The molecule has 0 atom stereocenters. The monoisotopic (exact) mass is 264 g/mol. The fraction of sp³-hybridized carbons (Fsp3) is 0.278. The van der Waals surface area contributed by atoms with Crippen LogP contribution in [0.2, 0.25) is 0 Å². The summed E-state index contributed by atoms with van der Waals surface area (Å²) in [5, 5.41) is 12.4. The molecule has 2 rings (SSSR count). The average Bonchev–Trinajstić information content (AvgIpc) is 2.38. The second-order valence-corrected chi connectivity index (χ2v) is 6.06. The lowest BCUT2D eigenvalue weighted by Gasteiger charge is -2.23. The Morgan fingerprint density at radius 2 is 1.75 bits per heavy atom. The molecular weight excluding hydrogens is 244 g/mol. The molecule has 0 spiro atoms. The predicted octanol–water partition coefficient (Wildman–Crippen LogP) is 4.91. The van der Waals surface area contributed by atoms with Crippen LogP contribution in [0.5, 0.6) is 0 Å². The van der Waals surface area contributed by atoms with Crippen LogP contribution in [0.3, 0.4) is 0 Å². The van der Waals surface area contributed by atoms with Crippen molar-refractivity contribution in [3.8, 4) is 6.07 Å². The number of nitrogens with one attached hydrogen (secondary N) is 1. The summed E-state index contributed by atoms with van der Waals surface area (Å²) in [6.07, 6.45) is 0. The van der Waals surface area contributed by atoms with Crippen LogP contribution in [0.4, 0.5) is 11.4 Å². The van der Waals surface area contributed by atoms with Crippen LogP contribution in [-0.2, 0) is 5.41 Å². The van der Waals surface area contributed by atoms with Gasteiger partial charge in [-0.3, -0.25) is 0 Å². The Morgan fingerprint density at radius 1 is 1.05 bits per heavy atom. The van der Waals surface area contributed by atoms with Crippen molar-refractivity contribution in [1.29, 1.82) is 5.26 Å². The van der Waals surface area contributed by atoms with Crippen molar-refractivity contribution in [2.75, 3.05) is 5.32 Å². The zero-order valence-electron chi connectivity index (χ0n) is 12.5. The van der Waals surface area contributed by atoms with Crippen molar-refractivity contribution < 1.29 is 0 Å². The molecule has 2 nitrogen and oxygen atoms in total. The molecule has 0 aromatic heterocycles. The lowest BCUT2D eigenvalue weighted by Crippen LogP contribution is -2.13. The first-order chi connectivity index (χ1) is 9.41. The molecule has 0 aliphatic rings. The minimum absolute atomic E-state index is 0.0885. The molecule has 0 bridgehead atoms. The summed E-state index contributed by atoms with van der Waals surface area (Å²) in [4.78, 5) is 0. The Kier molecular flexibility index (Phi) is 3.81. The van der Waals surface area contributed by atoms with Crippen molar-refractivity contribution in [1.82, 2.24) is 0 Å². The van der Waals surface area contributed by atoms with E-state index in [1.807, 2.05) is 31.2 Å². The zero-order valence-corrected chi connectivity index (χ0v) is 12.5. The number of rotatable bonds is 2. The predicted molar refractivity (Wildman–Crippen MR) is 84.3 cm³/mol. The minimum Gasteiger partial charge on any atom is -0.355 e. The van der Waals surface area contributed by atoms with Crippen molar-refractivity contribution in [3.63, 3.8) is 0 Å². The van der Waals surface area contributed by atoms with Crippen LogP contribution >= 0.6 is 0 Å². The van der Waals surface area contributed by atoms with Crippen LogP contribution < -0.4 is 5.32 Å².